The second-order valence-corrected chi connectivity index (χ2v) is 5.20. The number of ether oxygens (including phenoxy) is 4. The Morgan fingerprint density at radius 3 is 1.68 bits per heavy atom. The van der Waals surface area contributed by atoms with Crippen molar-refractivity contribution in [1.29, 1.82) is 0 Å². The summed E-state index contributed by atoms with van der Waals surface area (Å²) in [5, 5.41) is 7.60. The predicted octanol–water partition coefficient (Wildman–Crippen LogP) is 1.05. The van der Waals surface area contributed by atoms with Crippen molar-refractivity contribution in [2.45, 2.75) is 12.2 Å². The van der Waals surface area contributed by atoms with Gasteiger partial charge in [0, 0.05) is 6.08 Å². The van der Waals surface area contributed by atoms with Gasteiger partial charge in [-0.05, 0) is 12.1 Å². The van der Waals surface area contributed by atoms with Crippen molar-refractivity contribution in [3.05, 3.63) is 48.0 Å². The molecule has 2 saturated heterocycles. The van der Waals surface area contributed by atoms with Crippen LogP contribution in [0.5, 0.6) is 0 Å². The number of hydrogen-bond acceptors (Lipinski definition) is 7. The quantitative estimate of drug-likeness (QED) is 0.441. The van der Waals surface area contributed by atoms with Crippen LogP contribution in [-0.2, 0) is 23.7 Å². The molecule has 3 rings (SSSR count). The van der Waals surface area contributed by atoms with Crippen LogP contribution in [-0.4, -0.2) is 61.6 Å². The molecule has 2 aliphatic rings. The molecule has 0 aromatic heterocycles. The molecule has 8 heteroatoms. The number of benzene rings is 1. The zero-order valence-electron chi connectivity index (χ0n) is 13.4. The van der Waals surface area contributed by atoms with Gasteiger partial charge >= 0.3 is 17.9 Å². The number of carbonyl (C=O) groups is 3. The molecule has 0 aliphatic carbocycles. The molecule has 0 saturated carbocycles. The number of rotatable bonds is 7. The van der Waals surface area contributed by atoms with Gasteiger partial charge in [-0.15, -0.1) is 0 Å². The maximum atomic E-state index is 11.9. The molecule has 0 amide bonds. The monoisotopic (exact) mass is 350 g/mol. The third kappa shape index (κ3) is 6.74. The summed E-state index contributed by atoms with van der Waals surface area (Å²) in [6.45, 7) is 4.59. The van der Waals surface area contributed by atoms with Crippen molar-refractivity contribution in [2.75, 3.05) is 26.4 Å². The molecule has 2 aliphatic heterocycles. The Bertz CT molecular complexity index is 599. The lowest BCUT2D eigenvalue weighted by Gasteiger charge is -2.08. The second kappa shape index (κ2) is 8.95. The fourth-order valence-electron chi connectivity index (χ4n) is 1.66. The zero-order chi connectivity index (χ0) is 18.2. The van der Waals surface area contributed by atoms with E-state index in [4.69, 9.17) is 24.1 Å². The normalized spacial score (nSPS) is 19.7. The van der Waals surface area contributed by atoms with Gasteiger partial charge in [0.25, 0.3) is 0 Å². The molecule has 0 spiro atoms. The van der Waals surface area contributed by atoms with Gasteiger partial charge < -0.3 is 24.1 Å². The number of carbonyl (C=O) groups excluding carboxylic acids is 2. The van der Waals surface area contributed by atoms with E-state index in [1.54, 1.807) is 24.3 Å². The molecular weight excluding hydrogens is 332 g/mol. The summed E-state index contributed by atoms with van der Waals surface area (Å²) in [5.74, 6) is -2.07. The van der Waals surface area contributed by atoms with Crippen LogP contribution >= 0.6 is 0 Å². The first-order chi connectivity index (χ1) is 12.0. The Labute approximate surface area is 143 Å². The predicted molar refractivity (Wildman–Crippen MR) is 84.3 cm³/mol. The van der Waals surface area contributed by atoms with Gasteiger partial charge in [-0.1, -0.05) is 18.7 Å². The minimum atomic E-state index is -0.981. The SMILES string of the molecule is C=CC(=O)O.O=C(OCC1CO1)c1ccccc1C(=O)OCC1CO1. The number of esters is 2. The van der Waals surface area contributed by atoms with E-state index in [0.717, 1.165) is 6.08 Å². The van der Waals surface area contributed by atoms with Crippen molar-refractivity contribution < 1.29 is 38.4 Å². The summed E-state index contributed by atoms with van der Waals surface area (Å²) in [4.78, 5) is 33.1. The molecule has 2 fully saturated rings. The maximum absolute atomic E-state index is 11.9. The number of epoxide rings is 2. The van der Waals surface area contributed by atoms with E-state index in [-0.39, 0.29) is 36.5 Å². The van der Waals surface area contributed by atoms with Gasteiger partial charge in [-0.3, -0.25) is 0 Å². The zero-order valence-corrected chi connectivity index (χ0v) is 13.4. The van der Waals surface area contributed by atoms with Gasteiger partial charge in [-0.2, -0.15) is 0 Å². The molecule has 2 heterocycles. The minimum Gasteiger partial charge on any atom is -0.478 e. The van der Waals surface area contributed by atoms with Crippen LogP contribution in [0.3, 0.4) is 0 Å². The molecule has 1 aromatic rings. The molecule has 0 radical (unpaired) electrons. The Kier molecular flexibility index (Phi) is 6.67. The summed E-state index contributed by atoms with van der Waals surface area (Å²) in [7, 11) is 0. The molecule has 0 bridgehead atoms. The molecule has 1 aromatic carbocycles. The van der Waals surface area contributed by atoms with Crippen LogP contribution in [0.15, 0.2) is 36.9 Å². The minimum absolute atomic E-state index is 0.00919. The highest BCUT2D eigenvalue weighted by Gasteiger charge is 2.27. The van der Waals surface area contributed by atoms with Crippen LogP contribution in [0.2, 0.25) is 0 Å². The van der Waals surface area contributed by atoms with Gasteiger partial charge in [0.1, 0.15) is 25.4 Å². The first kappa shape index (κ1) is 18.6. The molecule has 2 unspecified atom stereocenters. The van der Waals surface area contributed by atoms with Crippen LogP contribution in [0.1, 0.15) is 20.7 Å². The Morgan fingerprint density at radius 1 is 1.04 bits per heavy atom. The van der Waals surface area contributed by atoms with E-state index in [9.17, 15) is 14.4 Å². The van der Waals surface area contributed by atoms with Gasteiger partial charge in [0.15, 0.2) is 0 Å². The van der Waals surface area contributed by atoms with E-state index in [1.807, 2.05) is 0 Å². The van der Waals surface area contributed by atoms with E-state index in [1.165, 1.54) is 0 Å². The average Bonchev–Trinajstić information content (AvgIpc) is 3.52. The number of carboxylic acid groups (broad SMARTS) is 1. The molecule has 25 heavy (non-hydrogen) atoms. The molecule has 134 valence electrons. The molecule has 8 nitrogen and oxygen atoms in total. The fraction of sp³-hybridized carbons (Fsp3) is 0.353. The molecule has 1 N–H and O–H groups in total. The third-order valence-corrected chi connectivity index (χ3v) is 3.15. The lowest BCUT2D eigenvalue weighted by Crippen LogP contribution is -2.17. The summed E-state index contributed by atoms with van der Waals surface area (Å²) in [5.41, 5.74) is 0.407. The molecule has 2 atom stereocenters. The summed E-state index contributed by atoms with van der Waals surface area (Å²) in [6, 6.07) is 6.43. The fourth-order valence-corrected chi connectivity index (χ4v) is 1.66. The number of carboxylic acids is 1. The standard InChI is InChI=1S/C14H14O6.C3H4O2/c15-13(19-7-9-5-17-9)11-3-1-2-4-12(11)14(16)20-8-10-6-18-10;1-2-3(4)5/h1-4,9-10H,5-8H2;2H,1H2,(H,4,5). The lowest BCUT2D eigenvalue weighted by atomic mass is 10.1. The van der Waals surface area contributed by atoms with E-state index >= 15 is 0 Å². The highest BCUT2D eigenvalue weighted by molar-refractivity contribution is 6.03. The van der Waals surface area contributed by atoms with Crippen LogP contribution < -0.4 is 0 Å². The van der Waals surface area contributed by atoms with E-state index in [2.05, 4.69) is 6.58 Å². The first-order valence-corrected chi connectivity index (χ1v) is 7.53. The second-order valence-electron chi connectivity index (χ2n) is 5.20. The van der Waals surface area contributed by atoms with Crippen molar-refractivity contribution >= 4 is 17.9 Å². The van der Waals surface area contributed by atoms with Crippen LogP contribution in [0.25, 0.3) is 0 Å². The Morgan fingerprint density at radius 2 is 1.40 bits per heavy atom. The highest BCUT2D eigenvalue weighted by Crippen LogP contribution is 2.16. The number of aliphatic carboxylic acids is 1. The maximum Gasteiger partial charge on any atom is 0.339 e. The highest BCUT2D eigenvalue weighted by atomic mass is 16.6. The lowest BCUT2D eigenvalue weighted by molar-refractivity contribution is -0.131. The van der Waals surface area contributed by atoms with E-state index < -0.39 is 17.9 Å². The first-order valence-electron chi connectivity index (χ1n) is 7.53. The average molecular weight is 350 g/mol. The Balaban J connectivity index is 0.000000399. The summed E-state index contributed by atoms with van der Waals surface area (Å²) in [6.07, 6.45) is 0.815. The van der Waals surface area contributed by atoms with Crippen molar-refractivity contribution in [2.24, 2.45) is 0 Å². The molecular formula is C17H18O8. The van der Waals surface area contributed by atoms with Gasteiger partial charge in [0.2, 0.25) is 0 Å². The largest absolute Gasteiger partial charge is 0.478 e. The van der Waals surface area contributed by atoms with Crippen molar-refractivity contribution in [1.82, 2.24) is 0 Å². The van der Waals surface area contributed by atoms with Gasteiger partial charge in [-0.25, -0.2) is 14.4 Å². The summed E-state index contributed by atoms with van der Waals surface area (Å²) < 4.78 is 20.1. The van der Waals surface area contributed by atoms with Crippen molar-refractivity contribution in [3.8, 4) is 0 Å². The summed E-state index contributed by atoms with van der Waals surface area (Å²) >= 11 is 0. The van der Waals surface area contributed by atoms with Crippen LogP contribution in [0.4, 0.5) is 0 Å². The Hall–Kier alpha value is -2.71. The number of hydrogen-bond donors (Lipinski definition) is 1. The van der Waals surface area contributed by atoms with Crippen molar-refractivity contribution in [3.63, 3.8) is 0 Å². The smallest absolute Gasteiger partial charge is 0.339 e. The van der Waals surface area contributed by atoms with Gasteiger partial charge in [0.05, 0.1) is 24.3 Å². The topological polar surface area (TPSA) is 115 Å². The van der Waals surface area contributed by atoms with E-state index in [0.29, 0.717) is 13.2 Å². The van der Waals surface area contributed by atoms with Crippen LogP contribution in [0, 0.1) is 0 Å². The third-order valence-electron chi connectivity index (χ3n) is 3.15.